The van der Waals surface area contributed by atoms with Crippen molar-refractivity contribution in [2.24, 2.45) is 0 Å². The first kappa shape index (κ1) is 30.0. The summed E-state index contributed by atoms with van der Waals surface area (Å²) in [5.41, 5.74) is 3.16. The van der Waals surface area contributed by atoms with E-state index in [9.17, 15) is 4.79 Å². The number of halogens is 2. The minimum atomic E-state index is -0.414. The molecule has 1 fully saturated rings. The molecule has 0 radical (unpaired) electrons. The molecule has 3 aliphatic rings. The maximum absolute atomic E-state index is 13.5. The first-order valence-electron chi connectivity index (χ1n) is 15.0. The molecule has 1 saturated heterocycles. The lowest BCUT2D eigenvalue weighted by Crippen LogP contribution is -2.43. The largest absolute Gasteiger partial charge is 0.494 e. The van der Waals surface area contributed by atoms with E-state index in [1.54, 1.807) is 29.2 Å². The van der Waals surface area contributed by atoms with Gasteiger partial charge >= 0.3 is 6.09 Å². The number of ether oxygens (including phenoxy) is 4. The third-order valence-corrected chi connectivity index (χ3v) is 8.65. The van der Waals surface area contributed by atoms with Crippen molar-refractivity contribution in [1.29, 1.82) is 0 Å². The quantitative estimate of drug-likeness (QED) is 0.264. The number of morpholine rings is 1. The first-order valence-corrected chi connectivity index (χ1v) is 15.8. The zero-order valence-electron chi connectivity index (χ0n) is 24.1. The monoisotopic (exact) mass is 625 g/mol. The van der Waals surface area contributed by atoms with Gasteiger partial charge in [0.2, 0.25) is 0 Å². The van der Waals surface area contributed by atoms with E-state index in [0.29, 0.717) is 37.0 Å². The molecule has 3 aromatic rings. The fourth-order valence-corrected chi connectivity index (χ4v) is 6.21. The lowest BCUT2D eigenvalue weighted by molar-refractivity contribution is 0.0193. The predicted molar refractivity (Wildman–Crippen MR) is 168 cm³/mol. The number of aromatic nitrogens is 1. The van der Waals surface area contributed by atoms with E-state index in [4.69, 9.17) is 42.1 Å². The summed E-state index contributed by atoms with van der Waals surface area (Å²) in [6.07, 6.45) is 6.13. The summed E-state index contributed by atoms with van der Waals surface area (Å²) in [7, 11) is 0. The van der Waals surface area contributed by atoms with Crippen molar-refractivity contribution in [3.05, 3.63) is 80.9 Å². The molecule has 228 valence electrons. The topological polar surface area (TPSA) is 76.3 Å². The number of nitrogens with zero attached hydrogens (tertiary/aromatic N) is 2. The zero-order chi connectivity index (χ0) is 29.6. The number of fused-ring (bicyclic) bond motifs is 3. The van der Waals surface area contributed by atoms with E-state index in [1.807, 2.05) is 24.3 Å². The number of nitrogens with one attached hydrogen (secondary N) is 1. The van der Waals surface area contributed by atoms with Gasteiger partial charge in [-0.2, -0.15) is 0 Å². The second-order valence-electron chi connectivity index (χ2n) is 11.0. The molecular formula is C33H37Cl2N3O5. The van der Waals surface area contributed by atoms with E-state index in [0.717, 1.165) is 79.9 Å². The third-order valence-electron chi connectivity index (χ3n) is 8.10. The van der Waals surface area contributed by atoms with E-state index in [1.165, 1.54) is 5.56 Å². The number of carbonyl (C=O) groups excluding carboxylic acids is 1. The van der Waals surface area contributed by atoms with Gasteiger partial charge in [-0.05, 0) is 60.4 Å². The van der Waals surface area contributed by atoms with Gasteiger partial charge in [-0.15, -0.1) is 11.6 Å². The summed E-state index contributed by atoms with van der Waals surface area (Å²) in [6, 6.07) is 14.4. The predicted octanol–water partition coefficient (Wildman–Crippen LogP) is 4.50. The summed E-state index contributed by atoms with van der Waals surface area (Å²) in [5.74, 6) is 1.23. The molecule has 0 spiro atoms. The van der Waals surface area contributed by atoms with Crippen molar-refractivity contribution in [2.45, 2.75) is 30.7 Å². The molecule has 0 saturated carbocycles. The summed E-state index contributed by atoms with van der Waals surface area (Å²) < 4.78 is 23.0. The Bertz CT molecular complexity index is 1500. The number of H-pyrrole nitrogens is 1. The molecule has 6 rings (SSSR count). The van der Waals surface area contributed by atoms with Crippen molar-refractivity contribution < 1.29 is 23.7 Å². The summed E-state index contributed by atoms with van der Waals surface area (Å²) in [4.78, 5) is 21.3. The molecule has 2 unspecified atom stereocenters. The molecule has 43 heavy (non-hydrogen) atoms. The summed E-state index contributed by atoms with van der Waals surface area (Å²) in [5, 5.41) is 2.75. The van der Waals surface area contributed by atoms with Gasteiger partial charge in [0, 0.05) is 60.5 Å². The number of carbonyl (C=O) groups is 1. The second kappa shape index (κ2) is 14.2. The number of hydrogen-bond acceptors (Lipinski definition) is 6. The maximum Gasteiger partial charge on any atom is 0.416 e. The van der Waals surface area contributed by atoms with Crippen LogP contribution in [0.15, 0.2) is 48.5 Å². The standard InChI is InChI=1S/C33H37Cl2N3O5/c34-24-4-9-27(10-5-24)43-33(39)38-13-12-28-29-22-25(35)6-11-30(29)36-31(28)32(38)23-2-7-26(8-3-23)42-18-1-17-40-19-14-37-15-20-41-21-16-37/h2-5,7-11,22,25,32,36H,1,6,12-21H2. The van der Waals surface area contributed by atoms with Gasteiger partial charge in [0.1, 0.15) is 17.5 Å². The van der Waals surface area contributed by atoms with Gasteiger partial charge in [-0.1, -0.05) is 35.9 Å². The van der Waals surface area contributed by atoms with Gasteiger partial charge in [-0.25, -0.2) is 4.79 Å². The van der Waals surface area contributed by atoms with Gasteiger partial charge in [0.25, 0.3) is 0 Å². The molecule has 1 N–H and O–H groups in total. The number of alkyl halides is 1. The highest BCUT2D eigenvalue weighted by molar-refractivity contribution is 6.30. The van der Waals surface area contributed by atoms with E-state index >= 15 is 0 Å². The SMILES string of the molecule is O=C(Oc1ccc(Cl)cc1)N1CCc2c([nH]c3c2=CC(Cl)CC=3)C1c1ccc(OCCCOCCN2CCOCC2)cc1. The van der Waals surface area contributed by atoms with Crippen LogP contribution in [0.25, 0.3) is 12.2 Å². The zero-order valence-corrected chi connectivity index (χ0v) is 25.6. The minimum Gasteiger partial charge on any atom is -0.494 e. The second-order valence-corrected chi connectivity index (χ2v) is 12.0. The van der Waals surface area contributed by atoms with Crippen LogP contribution in [0.3, 0.4) is 0 Å². The molecule has 1 aromatic heterocycles. The normalized spacial score (nSPS) is 20.0. The van der Waals surface area contributed by atoms with Crippen LogP contribution in [0.4, 0.5) is 4.79 Å². The first-order chi connectivity index (χ1) is 21.0. The Kier molecular flexibility index (Phi) is 9.91. The Hall–Kier alpha value is -3.01. The lowest BCUT2D eigenvalue weighted by Gasteiger charge is -2.35. The molecule has 2 atom stereocenters. The lowest BCUT2D eigenvalue weighted by atomic mass is 9.92. The van der Waals surface area contributed by atoms with Crippen LogP contribution >= 0.6 is 23.2 Å². The van der Waals surface area contributed by atoms with Crippen LogP contribution in [0.5, 0.6) is 11.5 Å². The highest BCUT2D eigenvalue weighted by Gasteiger charge is 2.35. The number of hydrogen-bond donors (Lipinski definition) is 1. The van der Waals surface area contributed by atoms with Crippen molar-refractivity contribution in [1.82, 2.24) is 14.8 Å². The Morgan fingerprint density at radius 1 is 0.977 bits per heavy atom. The van der Waals surface area contributed by atoms with Crippen molar-refractivity contribution in [2.75, 3.05) is 59.2 Å². The summed E-state index contributed by atoms with van der Waals surface area (Å²) >= 11 is 12.5. The van der Waals surface area contributed by atoms with Crippen LogP contribution in [0, 0.1) is 0 Å². The molecule has 1 amide bonds. The fraction of sp³-hybridized carbons (Fsp3) is 0.424. The Labute approximate surface area is 261 Å². The van der Waals surface area contributed by atoms with Crippen LogP contribution in [0.2, 0.25) is 5.02 Å². The fourth-order valence-electron chi connectivity index (χ4n) is 5.87. The van der Waals surface area contributed by atoms with E-state index < -0.39 is 6.09 Å². The van der Waals surface area contributed by atoms with Crippen molar-refractivity contribution in [3.8, 4) is 11.5 Å². The van der Waals surface area contributed by atoms with Crippen molar-refractivity contribution >= 4 is 41.4 Å². The van der Waals surface area contributed by atoms with Gasteiger partial charge in [-0.3, -0.25) is 9.80 Å². The maximum atomic E-state index is 13.5. The van der Waals surface area contributed by atoms with Crippen LogP contribution < -0.4 is 20.0 Å². The number of amides is 1. The highest BCUT2D eigenvalue weighted by atomic mass is 35.5. The Morgan fingerprint density at radius 3 is 2.53 bits per heavy atom. The van der Waals surface area contributed by atoms with Gasteiger partial charge < -0.3 is 23.9 Å². The molecule has 10 heteroatoms. The number of aromatic amines is 1. The minimum absolute atomic E-state index is 0.0367. The molecule has 2 aliphatic heterocycles. The Balaban J connectivity index is 1.12. The van der Waals surface area contributed by atoms with Crippen LogP contribution in [0.1, 0.15) is 35.7 Å². The molecule has 3 heterocycles. The van der Waals surface area contributed by atoms with E-state index in [-0.39, 0.29) is 11.4 Å². The number of benzene rings is 2. The molecule has 1 aliphatic carbocycles. The molecule has 8 nitrogen and oxygen atoms in total. The van der Waals surface area contributed by atoms with E-state index in [2.05, 4.69) is 22.0 Å². The smallest absolute Gasteiger partial charge is 0.416 e. The van der Waals surface area contributed by atoms with Crippen molar-refractivity contribution in [3.63, 3.8) is 0 Å². The van der Waals surface area contributed by atoms with Gasteiger partial charge in [0.15, 0.2) is 0 Å². The Morgan fingerprint density at radius 2 is 1.74 bits per heavy atom. The van der Waals surface area contributed by atoms with Crippen LogP contribution in [-0.2, 0) is 15.9 Å². The third kappa shape index (κ3) is 7.39. The highest BCUT2D eigenvalue weighted by Crippen LogP contribution is 2.34. The number of rotatable bonds is 10. The average molecular weight is 627 g/mol. The molecule has 2 aromatic carbocycles. The van der Waals surface area contributed by atoms with Crippen LogP contribution in [-0.4, -0.2) is 85.5 Å². The summed E-state index contributed by atoms with van der Waals surface area (Å²) in [6.45, 7) is 6.96. The molecule has 0 bridgehead atoms. The average Bonchev–Trinajstić information content (AvgIpc) is 3.40. The van der Waals surface area contributed by atoms with Gasteiger partial charge in [0.05, 0.1) is 31.8 Å². The molecular weight excluding hydrogens is 589 g/mol.